The van der Waals surface area contributed by atoms with Crippen molar-refractivity contribution in [2.75, 3.05) is 0 Å². The van der Waals surface area contributed by atoms with Crippen LogP contribution >= 0.6 is 0 Å². The van der Waals surface area contributed by atoms with E-state index in [0.29, 0.717) is 12.3 Å². The third-order valence-electron chi connectivity index (χ3n) is 3.72. The van der Waals surface area contributed by atoms with Crippen molar-refractivity contribution in [2.24, 2.45) is 5.92 Å². The monoisotopic (exact) mass is 245 g/mol. The van der Waals surface area contributed by atoms with Crippen molar-refractivity contribution in [3.05, 3.63) is 35.4 Å². The number of hydrogen-bond acceptors (Lipinski definition) is 2. The average Bonchev–Trinajstić information content (AvgIpc) is 2.34. The Labute approximate surface area is 108 Å². The minimum atomic E-state index is -0.170. The van der Waals surface area contributed by atoms with E-state index in [1.807, 2.05) is 19.1 Å². The van der Waals surface area contributed by atoms with Crippen molar-refractivity contribution in [3.63, 3.8) is 0 Å². The number of benzene rings is 1. The van der Waals surface area contributed by atoms with Gasteiger partial charge in [0.2, 0.25) is 11.8 Å². The van der Waals surface area contributed by atoms with Gasteiger partial charge in [-0.25, -0.2) is 0 Å². The molecule has 1 fully saturated rings. The summed E-state index contributed by atoms with van der Waals surface area (Å²) in [5, 5.41) is 2.38. The minimum Gasteiger partial charge on any atom is -0.296 e. The lowest BCUT2D eigenvalue weighted by atomic mass is 9.81. The van der Waals surface area contributed by atoms with E-state index >= 15 is 0 Å². The molecule has 2 rings (SSSR count). The van der Waals surface area contributed by atoms with Crippen LogP contribution in [-0.4, -0.2) is 11.8 Å². The summed E-state index contributed by atoms with van der Waals surface area (Å²) >= 11 is 0. The van der Waals surface area contributed by atoms with Gasteiger partial charge in [0.1, 0.15) is 0 Å². The second-order valence-electron chi connectivity index (χ2n) is 5.33. The number of carbonyl (C=O) groups excluding carboxylic acids is 2. The van der Waals surface area contributed by atoms with Gasteiger partial charge in [0.15, 0.2) is 0 Å². The average molecular weight is 245 g/mol. The molecule has 1 aromatic rings. The Morgan fingerprint density at radius 2 is 1.78 bits per heavy atom. The molecule has 2 atom stereocenters. The summed E-state index contributed by atoms with van der Waals surface area (Å²) in [6, 6.07) is 8.26. The topological polar surface area (TPSA) is 46.2 Å². The van der Waals surface area contributed by atoms with E-state index in [1.54, 1.807) is 0 Å². The zero-order valence-electron chi connectivity index (χ0n) is 11.1. The Balaban J connectivity index is 2.24. The lowest BCUT2D eigenvalue weighted by Crippen LogP contribution is -2.43. The molecule has 0 saturated carbocycles. The number of piperidine rings is 1. The fraction of sp³-hybridized carbons (Fsp3) is 0.467. The normalized spacial score (nSPS) is 24.2. The number of nitrogens with one attached hydrogen (secondary N) is 1. The Hall–Kier alpha value is -1.64. The molecule has 3 nitrogen and oxygen atoms in total. The van der Waals surface area contributed by atoms with E-state index in [9.17, 15) is 9.59 Å². The Bertz CT molecular complexity index is 462. The second kappa shape index (κ2) is 4.92. The number of carbonyl (C=O) groups is 2. The molecule has 1 aliphatic rings. The predicted octanol–water partition coefficient (Wildman–Crippen LogP) is 2.58. The van der Waals surface area contributed by atoms with Gasteiger partial charge in [-0.3, -0.25) is 14.9 Å². The molecule has 1 saturated heterocycles. The molecule has 0 aromatic heterocycles. The molecule has 1 aromatic carbocycles. The number of rotatable bonds is 2. The van der Waals surface area contributed by atoms with Crippen LogP contribution in [0.2, 0.25) is 0 Å². The molecule has 18 heavy (non-hydrogen) atoms. The van der Waals surface area contributed by atoms with Crippen molar-refractivity contribution in [2.45, 2.75) is 39.0 Å². The van der Waals surface area contributed by atoms with Crippen molar-refractivity contribution < 1.29 is 9.59 Å². The molecule has 1 N–H and O–H groups in total. The summed E-state index contributed by atoms with van der Waals surface area (Å²) in [4.78, 5) is 23.1. The largest absolute Gasteiger partial charge is 0.296 e. The summed E-state index contributed by atoms with van der Waals surface area (Å²) in [5.41, 5.74) is 2.35. The number of hydrogen-bond donors (Lipinski definition) is 1. The van der Waals surface area contributed by atoms with E-state index in [0.717, 1.165) is 5.56 Å². The molecular formula is C15H19NO2. The highest BCUT2D eigenvalue weighted by Crippen LogP contribution is 2.31. The van der Waals surface area contributed by atoms with Gasteiger partial charge in [-0.2, -0.15) is 0 Å². The maximum absolute atomic E-state index is 11.6. The smallest absolute Gasteiger partial charge is 0.230 e. The highest BCUT2D eigenvalue weighted by molar-refractivity contribution is 5.99. The first-order chi connectivity index (χ1) is 8.49. The van der Waals surface area contributed by atoms with Crippen LogP contribution in [0.4, 0.5) is 0 Å². The summed E-state index contributed by atoms with van der Waals surface area (Å²) in [5.74, 6) is 0.0213. The van der Waals surface area contributed by atoms with Crippen molar-refractivity contribution in [1.29, 1.82) is 0 Å². The van der Waals surface area contributed by atoms with Crippen LogP contribution in [0.3, 0.4) is 0 Å². The Morgan fingerprint density at radius 3 is 2.33 bits per heavy atom. The van der Waals surface area contributed by atoms with Crippen LogP contribution in [0, 0.1) is 5.92 Å². The van der Waals surface area contributed by atoms with E-state index in [2.05, 4.69) is 31.3 Å². The fourth-order valence-corrected chi connectivity index (χ4v) is 2.40. The van der Waals surface area contributed by atoms with Crippen LogP contribution in [-0.2, 0) is 9.59 Å². The third kappa shape index (κ3) is 2.45. The summed E-state index contributed by atoms with van der Waals surface area (Å²) < 4.78 is 0. The molecule has 0 bridgehead atoms. The van der Waals surface area contributed by atoms with Crippen LogP contribution < -0.4 is 5.32 Å². The molecule has 0 radical (unpaired) electrons. The van der Waals surface area contributed by atoms with E-state index in [-0.39, 0.29) is 23.7 Å². The van der Waals surface area contributed by atoms with Crippen LogP contribution in [0.15, 0.2) is 24.3 Å². The maximum Gasteiger partial charge on any atom is 0.230 e. The van der Waals surface area contributed by atoms with Crippen molar-refractivity contribution in [3.8, 4) is 0 Å². The zero-order chi connectivity index (χ0) is 13.3. The Kier molecular flexibility index (Phi) is 3.50. The van der Waals surface area contributed by atoms with Crippen LogP contribution in [0.25, 0.3) is 0 Å². The highest BCUT2D eigenvalue weighted by Gasteiger charge is 2.33. The van der Waals surface area contributed by atoms with Gasteiger partial charge in [0.25, 0.3) is 0 Å². The highest BCUT2D eigenvalue weighted by atomic mass is 16.2. The lowest BCUT2D eigenvalue weighted by molar-refractivity contribution is -0.136. The number of imide groups is 1. The van der Waals surface area contributed by atoms with Crippen LogP contribution in [0.1, 0.15) is 50.2 Å². The van der Waals surface area contributed by atoms with Gasteiger partial charge in [-0.05, 0) is 17.0 Å². The van der Waals surface area contributed by atoms with E-state index < -0.39 is 0 Å². The zero-order valence-corrected chi connectivity index (χ0v) is 11.1. The van der Waals surface area contributed by atoms with Crippen molar-refractivity contribution >= 4 is 11.8 Å². The van der Waals surface area contributed by atoms with Gasteiger partial charge in [-0.1, -0.05) is 45.0 Å². The summed E-state index contributed by atoms with van der Waals surface area (Å²) in [6.45, 7) is 6.17. The van der Waals surface area contributed by atoms with Gasteiger partial charge >= 0.3 is 0 Å². The van der Waals surface area contributed by atoms with Gasteiger partial charge in [-0.15, -0.1) is 0 Å². The molecule has 0 spiro atoms. The lowest BCUT2D eigenvalue weighted by Gasteiger charge is -2.27. The van der Waals surface area contributed by atoms with Gasteiger partial charge in [0, 0.05) is 18.3 Å². The second-order valence-corrected chi connectivity index (χ2v) is 5.33. The molecular weight excluding hydrogens is 226 g/mol. The molecule has 3 heteroatoms. The first-order valence-electron chi connectivity index (χ1n) is 6.42. The fourth-order valence-electron chi connectivity index (χ4n) is 2.40. The maximum atomic E-state index is 11.6. The van der Waals surface area contributed by atoms with Gasteiger partial charge < -0.3 is 0 Å². The molecule has 2 unspecified atom stereocenters. The molecule has 0 aliphatic carbocycles. The third-order valence-corrected chi connectivity index (χ3v) is 3.72. The molecule has 2 amide bonds. The predicted molar refractivity (Wildman–Crippen MR) is 70.2 cm³/mol. The quantitative estimate of drug-likeness (QED) is 0.814. The van der Waals surface area contributed by atoms with Gasteiger partial charge in [0.05, 0.1) is 0 Å². The van der Waals surface area contributed by atoms with Crippen molar-refractivity contribution in [1.82, 2.24) is 5.32 Å². The van der Waals surface area contributed by atoms with E-state index in [4.69, 9.17) is 0 Å². The van der Waals surface area contributed by atoms with Crippen LogP contribution in [0.5, 0.6) is 0 Å². The molecule has 96 valence electrons. The summed E-state index contributed by atoms with van der Waals surface area (Å²) in [6.07, 6.45) is 0.397. The van der Waals surface area contributed by atoms with E-state index in [1.165, 1.54) is 5.56 Å². The standard InChI is InChI=1S/C15H19NO2/c1-9(2)11-4-6-12(7-5-11)13-8-14(17)16-15(18)10(13)3/h4-7,9-10,13H,8H2,1-3H3,(H,16,17,18). The first kappa shape index (κ1) is 12.8. The molecule has 1 heterocycles. The number of amides is 2. The SMILES string of the molecule is CC(C)c1ccc(C2CC(=O)NC(=O)C2C)cc1. The first-order valence-corrected chi connectivity index (χ1v) is 6.42. The Morgan fingerprint density at radius 1 is 1.17 bits per heavy atom. The molecule has 1 aliphatic heterocycles. The minimum absolute atomic E-state index is 0.00691. The summed E-state index contributed by atoms with van der Waals surface area (Å²) in [7, 11) is 0.